The second kappa shape index (κ2) is 9.80. The molecule has 2 aromatic heterocycles. The smallest absolute Gasteiger partial charge is 0.353 e. The zero-order valence-corrected chi connectivity index (χ0v) is 17.6. The fraction of sp³-hybridized carbons (Fsp3) is 0.0870. The molecule has 0 fully saturated rings. The maximum absolute atomic E-state index is 12.1. The highest BCUT2D eigenvalue weighted by Gasteiger charge is 2.09. The summed E-state index contributed by atoms with van der Waals surface area (Å²) in [5.74, 6) is -0.330. The van der Waals surface area contributed by atoms with Gasteiger partial charge in [0.15, 0.2) is 0 Å². The van der Waals surface area contributed by atoms with Gasteiger partial charge in [0.1, 0.15) is 16.3 Å². The number of hydrogen-bond acceptors (Lipinski definition) is 7. The van der Waals surface area contributed by atoms with Gasteiger partial charge in [-0.05, 0) is 53.4 Å². The van der Waals surface area contributed by atoms with E-state index in [1.54, 1.807) is 53.9 Å². The lowest BCUT2D eigenvalue weighted by atomic mass is 10.2. The number of aromatic amines is 1. The molecule has 2 heterocycles. The number of benzene rings is 2. The largest absolute Gasteiger partial charge is 0.422 e. The molecule has 0 spiro atoms. The topological polar surface area (TPSA) is 114 Å². The van der Waals surface area contributed by atoms with Crippen molar-refractivity contribution in [2.24, 2.45) is 5.10 Å². The Hall–Kier alpha value is -4.11. The molecule has 32 heavy (non-hydrogen) atoms. The van der Waals surface area contributed by atoms with Crippen LogP contribution in [0.25, 0.3) is 11.0 Å². The fourth-order valence-electron chi connectivity index (χ4n) is 2.88. The Balaban J connectivity index is 1.27. The van der Waals surface area contributed by atoms with E-state index in [9.17, 15) is 14.4 Å². The first-order valence-corrected chi connectivity index (χ1v) is 10.6. The highest BCUT2D eigenvalue weighted by molar-refractivity contribution is 7.12. The van der Waals surface area contributed by atoms with Crippen LogP contribution in [0, 0.1) is 0 Å². The minimum absolute atomic E-state index is 0.0728. The summed E-state index contributed by atoms with van der Waals surface area (Å²) < 4.78 is 5.29. The van der Waals surface area contributed by atoms with Crippen LogP contribution in [0.1, 0.15) is 27.3 Å². The molecule has 2 N–H and O–H groups in total. The minimum atomic E-state index is -0.409. The van der Waals surface area contributed by atoms with Gasteiger partial charge in [-0.2, -0.15) is 5.10 Å². The number of fused-ring (bicyclic) bond motifs is 1. The number of hydrazone groups is 1. The first-order chi connectivity index (χ1) is 15.6. The summed E-state index contributed by atoms with van der Waals surface area (Å²) >= 11 is 1.31. The van der Waals surface area contributed by atoms with Crippen LogP contribution < -0.4 is 15.7 Å². The number of nitrogens with zero attached hydrogens (tertiary/aromatic N) is 2. The van der Waals surface area contributed by atoms with E-state index in [0.717, 1.165) is 0 Å². The van der Waals surface area contributed by atoms with E-state index in [-0.39, 0.29) is 24.3 Å². The quantitative estimate of drug-likeness (QED) is 0.196. The first kappa shape index (κ1) is 21.1. The number of amides is 1. The maximum atomic E-state index is 12.1. The molecule has 0 aliphatic carbocycles. The Morgan fingerprint density at radius 2 is 1.91 bits per heavy atom. The van der Waals surface area contributed by atoms with Crippen molar-refractivity contribution in [3.63, 3.8) is 0 Å². The Bertz CT molecular complexity index is 1330. The first-order valence-electron chi connectivity index (χ1n) is 9.74. The normalized spacial score (nSPS) is 11.0. The van der Waals surface area contributed by atoms with E-state index in [2.05, 4.69) is 20.5 Å². The molecule has 9 heteroatoms. The summed E-state index contributed by atoms with van der Waals surface area (Å²) in [6.45, 7) is 0. The summed E-state index contributed by atoms with van der Waals surface area (Å²) in [6, 6.07) is 17.4. The molecule has 0 aliphatic rings. The van der Waals surface area contributed by atoms with Gasteiger partial charge in [-0.25, -0.2) is 15.2 Å². The Morgan fingerprint density at radius 1 is 1.09 bits per heavy atom. The SMILES string of the molecule is O=C(CCc1nc2ccccc2[nH]c1=O)N/N=C\c1ccc(OC(=O)c2cccs2)cc1. The molecule has 0 atom stereocenters. The molecule has 1 amide bonds. The molecule has 160 valence electrons. The van der Waals surface area contributed by atoms with Crippen molar-refractivity contribution < 1.29 is 14.3 Å². The van der Waals surface area contributed by atoms with Gasteiger partial charge in [0, 0.05) is 12.8 Å². The fourth-order valence-corrected chi connectivity index (χ4v) is 3.48. The standard InChI is InChI=1S/C23H18N4O4S/c28-21(12-11-19-22(29)26-18-5-2-1-4-17(18)25-19)27-24-14-15-7-9-16(10-8-15)31-23(30)20-6-3-13-32-20/h1-10,13-14H,11-12H2,(H,26,29)(H,27,28)/b24-14-. The van der Waals surface area contributed by atoms with Crippen molar-refractivity contribution in [3.8, 4) is 5.75 Å². The molecule has 0 bridgehead atoms. The van der Waals surface area contributed by atoms with E-state index in [0.29, 0.717) is 32.9 Å². The molecule has 0 unspecified atom stereocenters. The summed E-state index contributed by atoms with van der Waals surface area (Å²) in [4.78, 5) is 43.7. The van der Waals surface area contributed by atoms with Crippen LogP contribution in [-0.2, 0) is 11.2 Å². The third-order valence-electron chi connectivity index (χ3n) is 4.47. The molecule has 0 saturated carbocycles. The number of esters is 1. The number of ether oxygens (including phenoxy) is 1. The van der Waals surface area contributed by atoms with Gasteiger partial charge in [-0.15, -0.1) is 11.3 Å². The van der Waals surface area contributed by atoms with Crippen LogP contribution in [0.3, 0.4) is 0 Å². The zero-order valence-electron chi connectivity index (χ0n) is 16.8. The van der Waals surface area contributed by atoms with Crippen LogP contribution in [0.4, 0.5) is 0 Å². The molecule has 4 rings (SSSR count). The van der Waals surface area contributed by atoms with Gasteiger partial charge >= 0.3 is 5.97 Å². The number of thiophene rings is 1. The summed E-state index contributed by atoms with van der Waals surface area (Å²) in [7, 11) is 0. The lowest BCUT2D eigenvalue weighted by Gasteiger charge is -2.03. The Labute approximate surface area is 186 Å². The van der Waals surface area contributed by atoms with Crippen molar-refractivity contribution in [2.75, 3.05) is 0 Å². The molecule has 0 saturated heterocycles. The molecule has 0 aliphatic heterocycles. The number of H-pyrrole nitrogens is 1. The number of carbonyl (C=O) groups excluding carboxylic acids is 2. The maximum Gasteiger partial charge on any atom is 0.353 e. The second-order valence-electron chi connectivity index (χ2n) is 6.76. The molecule has 2 aromatic carbocycles. The van der Waals surface area contributed by atoms with Crippen molar-refractivity contribution in [1.29, 1.82) is 0 Å². The van der Waals surface area contributed by atoms with Crippen molar-refractivity contribution >= 4 is 40.5 Å². The third kappa shape index (κ3) is 5.32. The minimum Gasteiger partial charge on any atom is -0.422 e. The highest BCUT2D eigenvalue weighted by Crippen LogP contribution is 2.16. The Kier molecular flexibility index (Phi) is 6.47. The van der Waals surface area contributed by atoms with Crippen LogP contribution >= 0.6 is 11.3 Å². The highest BCUT2D eigenvalue weighted by atomic mass is 32.1. The number of aromatic nitrogens is 2. The molecule has 4 aromatic rings. The lowest BCUT2D eigenvalue weighted by molar-refractivity contribution is -0.121. The number of carbonyl (C=O) groups is 2. The number of rotatable bonds is 7. The van der Waals surface area contributed by atoms with Gasteiger partial charge in [0.05, 0.1) is 17.2 Å². The Morgan fingerprint density at radius 3 is 2.69 bits per heavy atom. The van der Waals surface area contributed by atoms with Crippen molar-refractivity contribution in [2.45, 2.75) is 12.8 Å². The number of nitrogens with one attached hydrogen (secondary N) is 2. The zero-order chi connectivity index (χ0) is 22.3. The van der Waals surface area contributed by atoms with E-state index in [1.165, 1.54) is 17.6 Å². The summed E-state index contributed by atoms with van der Waals surface area (Å²) in [5.41, 5.74) is 4.47. The van der Waals surface area contributed by atoms with Gasteiger partial charge in [0.25, 0.3) is 5.56 Å². The molecular weight excluding hydrogens is 428 g/mol. The van der Waals surface area contributed by atoms with Crippen LogP contribution in [0.15, 0.2) is 75.9 Å². The van der Waals surface area contributed by atoms with Crippen molar-refractivity contribution in [3.05, 3.63) is 92.5 Å². The van der Waals surface area contributed by atoms with Gasteiger partial charge < -0.3 is 9.72 Å². The van der Waals surface area contributed by atoms with E-state index >= 15 is 0 Å². The van der Waals surface area contributed by atoms with Gasteiger partial charge in [-0.3, -0.25) is 9.59 Å². The van der Waals surface area contributed by atoms with E-state index in [1.807, 2.05) is 12.1 Å². The van der Waals surface area contributed by atoms with E-state index < -0.39 is 5.97 Å². The van der Waals surface area contributed by atoms with Gasteiger partial charge in [-0.1, -0.05) is 18.2 Å². The second-order valence-corrected chi connectivity index (χ2v) is 7.71. The predicted octanol–water partition coefficient (Wildman–Crippen LogP) is 3.29. The number of hydrogen-bond donors (Lipinski definition) is 2. The van der Waals surface area contributed by atoms with Crippen LogP contribution in [0.2, 0.25) is 0 Å². The van der Waals surface area contributed by atoms with Gasteiger partial charge in [0.2, 0.25) is 5.91 Å². The monoisotopic (exact) mass is 446 g/mol. The van der Waals surface area contributed by atoms with Crippen LogP contribution in [-0.4, -0.2) is 28.1 Å². The summed E-state index contributed by atoms with van der Waals surface area (Å²) in [6.07, 6.45) is 1.75. The summed E-state index contributed by atoms with van der Waals surface area (Å²) in [5, 5.41) is 5.73. The predicted molar refractivity (Wildman–Crippen MR) is 122 cm³/mol. The lowest BCUT2D eigenvalue weighted by Crippen LogP contribution is -2.21. The number of para-hydroxylation sites is 2. The number of aryl methyl sites for hydroxylation is 1. The molecule has 8 nitrogen and oxygen atoms in total. The average Bonchev–Trinajstić information content (AvgIpc) is 3.34. The van der Waals surface area contributed by atoms with Crippen molar-refractivity contribution in [1.82, 2.24) is 15.4 Å². The van der Waals surface area contributed by atoms with Crippen LogP contribution in [0.5, 0.6) is 5.75 Å². The molecule has 0 radical (unpaired) electrons. The van der Waals surface area contributed by atoms with E-state index in [4.69, 9.17) is 4.74 Å². The average molecular weight is 446 g/mol. The third-order valence-corrected chi connectivity index (χ3v) is 5.32. The molecular formula is C23H18N4O4S.